The van der Waals surface area contributed by atoms with Crippen LogP contribution < -0.4 is 0 Å². The molecule has 1 rings (SSSR count). The van der Waals surface area contributed by atoms with Gasteiger partial charge in [-0.1, -0.05) is 0 Å². The van der Waals surface area contributed by atoms with Crippen molar-refractivity contribution in [2.45, 2.75) is 45.1 Å². The monoisotopic (exact) mass is 208 g/mol. The van der Waals surface area contributed by atoms with Crippen molar-refractivity contribution in [3.63, 3.8) is 0 Å². The van der Waals surface area contributed by atoms with Crippen LogP contribution >= 0.6 is 7.60 Å². The summed E-state index contributed by atoms with van der Waals surface area (Å²) >= 11 is 0. The first-order chi connectivity index (χ1) is 5.72. The first kappa shape index (κ1) is 11.2. The normalized spacial score (nSPS) is 43.8. The molecule has 1 aliphatic heterocycles. The summed E-state index contributed by atoms with van der Waals surface area (Å²) in [5, 5.41) is 8.51. The molecule has 1 saturated heterocycles. The van der Waals surface area contributed by atoms with E-state index in [4.69, 9.17) is 9.05 Å². The molecular weight excluding hydrogens is 191 g/mol. The average molecular weight is 208 g/mol. The molecule has 0 aromatic carbocycles. The number of hydrogen-bond acceptors (Lipinski definition) is 4. The third kappa shape index (κ3) is 1.96. The van der Waals surface area contributed by atoms with E-state index < -0.39 is 18.5 Å². The fraction of sp³-hybridized carbons (Fsp3) is 1.00. The molecule has 0 spiro atoms. The highest BCUT2D eigenvalue weighted by Gasteiger charge is 2.58. The molecule has 5 heteroatoms. The van der Waals surface area contributed by atoms with Crippen LogP contribution in [0.3, 0.4) is 0 Å². The Bertz CT molecular complexity index is 247. The van der Waals surface area contributed by atoms with Crippen LogP contribution in [0.5, 0.6) is 0 Å². The molecule has 1 fully saturated rings. The molecule has 0 radical (unpaired) electrons. The standard InChI is InChI=1S/C8H17O4P/c1-5-11-13(10)8(4,9)6-7(2,3)12-13/h9H,5-6H2,1-4H3/t8-,13-/m0/s1. The minimum absolute atomic E-state index is 0.281. The molecule has 13 heavy (non-hydrogen) atoms. The molecule has 0 amide bonds. The van der Waals surface area contributed by atoms with E-state index in [-0.39, 0.29) is 6.61 Å². The molecule has 2 atom stereocenters. The Morgan fingerprint density at radius 1 is 1.54 bits per heavy atom. The van der Waals surface area contributed by atoms with Gasteiger partial charge in [0.15, 0.2) is 5.34 Å². The number of aliphatic hydroxyl groups is 1. The maximum atomic E-state index is 12.0. The van der Waals surface area contributed by atoms with E-state index in [9.17, 15) is 9.67 Å². The van der Waals surface area contributed by atoms with Gasteiger partial charge < -0.3 is 14.2 Å². The molecule has 0 saturated carbocycles. The summed E-state index contributed by atoms with van der Waals surface area (Å²) in [6.45, 7) is 7.09. The van der Waals surface area contributed by atoms with Gasteiger partial charge in [-0.25, -0.2) is 0 Å². The summed E-state index contributed by atoms with van der Waals surface area (Å²) in [4.78, 5) is 0. The predicted octanol–water partition coefficient (Wildman–Crippen LogP) is 2.12. The summed E-state index contributed by atoms with van der Waals surface area (Å²) in [7, 11) is -3.34. The van der Waals surface area contributed by atoms with Crippen LogP contribution in [0.2, 0.25) is 0 Å². The van der Waals surface area contributed by atoms with Gasteiger partial charge in [0.2, 0.25) is 0 Å². The third-order valence-electron chi connectivity index (χ3n) is 2.02. The Balaban J connectivity index is 2.93. The van der Waals surface area contributed by atoms with Crippen molar-refractivity contribution in [2.75, 3.05) is 6.61 Å². The van der Waals surface area contributed by atoms with Crippen LogP contribution in [0.4, 0.5) is 0 Å². The van der Waals surface area contributed by atoms with E-state index in [0.717, 1.165) is 0 Å². The molecule has 78 valence electrons. The van der Waals surface area contributed by atoms with E-state index >= 15 is 0 Å². The van der Waals surface area contributed by atoms with Gasteiger partial charge in [0, 0.05) is 6.42 Å². The fourth-order valence-corrected chi connectivity index (χ4v) is 3.85. The summed E-state index contributed by atoms with van der Waals surface area (Å²) in [5.74, 6) is 0. The number of rotatable bonds is 2. The van der Waals surface area contributed by atoms with Gasteiger partial charge in [-0.2, -0.15) is 0 Å². The van der Waals surface area contributed by atoms with Crippen LogP contribution in [0.25, 0.3) is 0 Å². The van der Waals surface area contributed by atoms with Gasteiger partial charge in [-0.05, 0) is 27.7 Å². The molecule has 1 N–H and O–H groups in total. The van der Waals surface area contributed by atoms with Crippen LogP contribution in [0.1, 0.15) is 34.1 Å². The van der Waals surface area contributed by atoms with Gasteiger partial charge >= 0.3 is 7.60 Å². The SMILES string of the molecule is CCO[P@]1(=O)OC(C)(C)C[C@@]1(C)O. The van der Waals surface area contributed by atoms with E-state index in [1.54, 1.807) is 20.8 Å². The van der Waals surface area contributed by atoms with Crippen molar-refractivity contribution in [1.82, 2.24) is 0 Å². The first-order valence-electron chi connectivity index (χ1n) is 4.40. The van der Waals surface area contributed by atoms with Gasteiger partial charge in [-0.3, -0.25) is 4.57 Å². The second kappa shape index (κ2) is 3.06. The molecular formula is C8H17O4P. The van der Waals surface area contributed by atoms with Crippen molar-refractivity contribution in [1.29, 1.82) is 0 Å². The molecule has 0 unspecified atom stereocenters. The van der Waals surface area contributed by atoms with Crippen LogP contribution in [-0.4, -0.2) is 22.7 Å². The molecule has 4 nitrogen and oxygen atoms in total. The van der Waals surface area contributed by atoms with E-state index in [0.29, 0.717) is 6.42 Å². The molecule has 0 bridgehead atoms. The zero-order chi connectivity index (χ0) is 10.3. The third-order valence-corrected chi connectivity index (χ3v) is 4.69. The highest BCUT2D eigenvalue weighted by atomic mass is 31.2. The number of hydrogen-bond donors (Lipinski definition) is 1. The lowest BCUT2D eigenvalue weighted by molar-refractivity contribution is 0.0926. The van der Waals surface area contributed by atoms with Crippen molar-refractivity contribution in [3.8, 4) is 0 Å². The topological polar surface area (TPSA) is 55.8 Å². The zero-order valence-electron chi connectivity index (χ0n) is 8.53. The van der Waals surface area contributed by atoms with E-state index in [2.05, 4.69) is 0 Å². The minimum atomic E-state index is -3.34. The molecule has 0 aliphatic carbocycles. The molecule has 0 aromatic heterocycles. The average Bonchev–Trinajstić information content (AvgIpc) is 1.96. The molecule has 0 aromatic rings. The van der Waals surface area contributed by atoms with Crippen LogP contribution in [-0.2, 0) is 13.6 Å². The molecule has 1 heterocycles. The van der Waals surface area contributed by atoms with Gasteiger partial charge in [0.05, 0.1) is 12.2 Å². The van der Waals surface area contributed by atoms with E-state index in [1.807, 2.05) is 0 Å². The van der Waals surface area contributed by atoms with Crippen LogP contribution in [0, 0.1) is 0 Å². The highest BCUT2D eigenvalue weighted by molar-refractivity contribution is 7.55. The Labute approximate surface area is 78.8 Å². The van der Waals surface area contributed by atoms with Crippen molar-refractivity contribution < 1.29 is 18.7 Å². The largest absolute Gasteiger partial charge is 0.377 e. The molecule has 1 aliphatic rings. The minimum Gasteiger partial charge on any atom is -0.377 e. The van der Waals surface area contributed by atoms with Gasteiger partial charge in [0.25, 0.3) is 0 Å². The van der Waals surface area contributed by atoms with Gasteiger partial charge in [0.1, 0.15) is 0 Å². The quantitative estimate of drug-likeness (QED) is 0.706. The van der Waals surface area contributed by atoms with Crippen molar-refractivity contribution in [3.05, 3.63) is 0 Å². The maximum absolute atomic E-state index is 12.0. The van der Waals surface area contributed by atoms with Crippen LogP contribution in [0.15, 0.2) is 0 Å². The Morgan fingerprint density at radius 3 is 2.38 bits per heavy atom. The lowest BCUT2D eigenvalue weighted by Gasteiger charge is -2.22. The summed E-state index contributed by atoms with van der Waals surface area (Å²) in [5.41, 5.74) is -0.575. The second-order valence-electron chi connectivity index (χ2n) is 4.16. The fourth-order valence-electron chi connectivity index (χ4n) is 1.69. The lowest BCUT2D eigenvalue weighted by atomic mass is 10.0. The summed E-state index contributed by atoms with van der Waals surface area (Å²) < 4.78 is 22.3. The smallest absolute Gasteiger partial charge is 0.362 e. The van der Waals surface area contributed by atoms with Gasteiger partial charge in [-0.15, -0.1) is 0 Å². The highest BCUT2D eigenvalue weighted by Crippen LogP contribution is 2.68. The summed E-state index contributed by atoms with van der Waals surface area (Å²) in [6, 6.07) is 0. The summed E-state index contributed by atoms with van der Waals surface area (Å²) in [6.07, 6.45) is 0.331. The Kier molecular flexibility index (Phi) is 2.63. The lowest BCUT2D eigenvalue weighted by Crippen LogP contribution is -2.24. The van der Waals surface area contributed by atoms with Crippen molar-refractivity contribution >= 4 is 7.60 Å². The maximum Gasteiger partial charge on any atom is 0.362 e. The Morgan fingerprint density at radius 2 is 2.08 bits per heavy atom. The Hall–Kier alpha value is 0.110. The van der Waals surface area contributed by atoms with E-state index in [1.165, 1.54) is 6.92 Å². The first-order valence-corrected chi connectivity index (χ1v) is 5.94. The zero-order valence-corrected chi connectivity index (χ0v) is 9.43. The van der Waals surface area contributed by atoms with Crippen molar-refractivity contribution in [2.24, 2.45) is 0 Å². The second-order valence-corrected chi connectivity index (χ2v) is 6.56. The predicted molar refractivity (Wildman–Crippen MR) is 49.6 cm³/mol.